The maximum Gasteiger partial charge on any atom is 0.222 e. The Morgan fingerprint density at radius 3 is 2.68 bits per heavy atom. The van der Waals surface area contributed by atoms with Crippen LogP contribution in [0, 0.1) is 5.92 Å². The second kappa shape index (κ2) is 7.40. The van der Waals surface area contributed by atoms with E-state index in [9.17, 15) is 0 Å². The second-order valence-electron chi connectivity index (χ2n) is 7.22. The third-order valence-corrected chi connectivity index (χ3v) is 5.52. The topological polar surface area (TPSA) is 75.9 Å². The molecule has 0 spiro atoms. The number of anilines is 2. The van der Waals surface area contributed by atoms with E-state index >= 15 is 0 Å². The fraction of sp³-hybridized carbons (Fsp3) is 0.500. The van der Waals surface area contributed by atoms with Gasteiger partial charge in [0.05, 0.1) is 5.69 Å². The molecular formula is C20H27N5. The molecule has 2 aliphatic rings. The van der Waals surface area contributed by atoms with E-state index < -0.39 is 0 Å². The zero-order valence-electron chi connectivity index (χ0n) is 14.7. The molecule has 4 rings (SSSR count). The molecule has 0 radical (unpaired) electrons. The van der Waals surface area contributed by atoms with Crippen LogP contribution in [0.4, 0.5) is 11.8 Å². The molecule has 2 heterocycles. The Morgan fingerprint density at radius 1 is 1.08 bits per heavy atom. The predicted molar refractivity (Wildman–Crippen MR) is 102 cm³/mol. The largest absolute Gasteiger partial charge is 0.369 e. The zero-order chi connectivity index (χ0) is 17.1. The lowest BCUT2D eigenvalue weighted by atomic mass is 9.82. The van der Waals surface area contributed by atoms with E-state index in [4.69, 9.17) is 5.73 Å². The standard InChI is InChI=1S/C20H27N5/c21-20-24-18-16(15-5-2-1-3-6-15)7-4-8-17(18)19(25-20)23-13-14-9-11-22-12-10-14/h1-3,5-6,14,16,22H,4,7-13H2,(H3,21,23,24,25). The van der Waals surface area contributed by atoms with Gasteiger partial charge in [-0.05, 0) is 56.7 Å². The molecule has 1 atom stereocenters. The Hall–Kier alpha value is -2.14. The number of nitrogens with zero attached hydrogens (tertiary/aromatic N) is 2. The van der Waals surface area contributed by atoms with Crippen LogP contribution in [0.2, 0.25) is 0 Å². The summed E-state index contributed by atoms with van der Waals surface area (Å²) in [5.74, 6) is 2.38. The highest BCUT2D eigenvalue weighted by Gasteiger charge is 2.27. The lowest BCUT2D eigenvalue weighted by Gasteiger charge is -2.28. The molecule has 1 aliphatic heterocycles. The van der Waals surface area contributed by atoms with Crippen LogP contribution in [-0.4, -0.2) is 29.6 Å². The van der Waals surface area contributed by atoms with Crippen LogP contribution in [0.1, 0.15) is 48.4 Å². The number of hydrogen-bond acceptors (Lipinski definition) is 5. The van der Waals surface area contributed by atoms with E-state index in [1.807, 2.05) is 0 Å². The summed E-state index contributed by atoms with van der Waals surface area (Å²) in [5, 5.41) is 7.02. The van der Waals surface area contributed by atoms with E-state index in [-0.39, 0.29) is 0 Å². The van der Waals surface area contributed by atoms with Gasteiger partial charge < -0.3 is 16.4 Å². The first-order valence-corrected chi connectivity index (χ1v) is 9.47. The minimum atomic E-state index is 0.328. The van der Waals surface area contributed by atoms with Gasteiger partial charge in [-0.1, -0.05) is 30.3 Å². The van der Waals surface area contributed by atoms with Crippen molar-refractivity contribution in [2.24, 2.45) is 5.92 Å². The third kappa shape index (κ3) is 3.61. The van der Waals surface area contributed by atoms with Crippen LogP contribution in [0.15, 0.2) is 30.3 Å². The number of nitrogens with two attached hydrogens (primary N) is 1. The van der Waals surface area contributed by atoms with Crippen molar-refractivity contribution in [2.45, 2.75) is 38.0 Å². The number of nitrogen functional groups attached to an aromatic ring is 1. The number of nitrogens with one attached hydrogen (secondary N) is 2. The Morgan fingerprint density at radius 2 is 1.88 bits per heavy atom. The average molecular weight is 337 g/mol. The normalized spacial score (nSPS) is 20.9. The lowest BCUT2D eigenvalue weighted by Crippen LogP contribution is -2.31. The van der Waals surface area contributed by atoms with Crippen molar-refractivity contribution in [1.82, 2.24) is 15.3 Å². The highest BCUT2D eigenvalue weighted by molar-refractivity contribution is 5.53. The molecule has 4 N–H and O–H groups in total. The lowest BCUT2D eigenvalue weighted by molar-refractivity contribution is 0.389. The van der Waals surface area contributed by atoms with E-state index in [2.05, 4.69) is 50.9 Å². The van der Waals surface area contributed by atoms with Crippen LogP contribution in [0.3, 0.4) is 0 Å². The second-order valence-corrected chi connectivity index (χ2v) is 7.22. The zero-order valence-corrected chi connectivity index (χ0v) is 14.7. The first-order chi connectivity index (χ1) is 12.3. The quantitative estimate of drug-likeness (QED) is 0.800. The summed E-state index contributed by atoms with van der Waals surface area (Å²) in [6.45, 7) is 3.21. The fourth-order valence-electron chi connectivity index (χ4n) is 4.16. The van der Waals surface area contributed by atoms with E-state index in [0.29, 0.717) is 17.8 Å². The smallest absolute Gasteiger partial charge is 0.222 e. The molecule has 1 aromatic heterocycles. The third-order valence-electron chi connectivity index (χ3n) is 5.52. The van der Waals surface area contributed by atoms with Crippen molar-refractivity contribution < 1.29 is 0 Å². The summed E-state index contributed by atoms with van der Waals surface area (Å²) < 4.78 is 0. The molecule has 1 fully saturated rings. The molecule has 132 valence electrons. The van der Waals surface area contributed by atoms with Gasteiger partial charge in [-0.25, -0.2) is 4.98 Å². The number of fused-ring (bicyclic) bond motifs is 1. The number of piperidine rings is 1. The molecule has 2 aromatic rings. The van der Waals surface area contributed by atoms with Gasteiger partial charge in [0.15, 0.2) is 0 Å². The molecule has 5 nitrogen and oxygen atoms in total. The molecule has 0 saturated carbocycles. The molecule has 1 aliphatic carbocycles. The Balaban J connectivity index is 1.60. The molecule has 1 unspecified atom stereocenters. The van der Waals surface area contributed by atoms with E-state index in [0.717, 1.165) is 44.0 Å². The van der Waals surface area contributed by atoms with Crippen molar-refractivity contribution in [1.29, 1.82) is 0 Å². The average Bonchev–Trinajstić information content (AvgIpc) is 2.67. The Kier molecular flexibility index (Phi) is 4.83. The van der Waals surface area contributed by atoms with Gasteiger partial charge in [0.2, 0.25) is 5.95 Å². The molecule has 1 aromatic carbocycles. The summed E-state index contributed by atoms with van der Waals surface area (Å²) in [7, 11) is 0. The van der Waals surface area contributed by atoms with Crippen molar-refractivity contribution >= 4 is 11.8 Å². The highest BCUT2D eigenvalue weighted by Crippen LogP contribution is 2.38. The van der Waals surface area contributed by atoms with E-state index in [1.165, 1.54) is 30.4 Å². The highest BCUT2D eigenvalue weighted by atomic mass is 15.1. The molecule has 0 bridgehead atoms. The summed E-state index contributed by atoms with van der Waals surface area (Å²) in [6.07, 6.45) is 5.78. The minimum absolute atomic E-state index is 0.328. The Bertz CT molecular complexity index is 710. The number of aromatic nitrogens is 2. The Labute approximate surface area is 149 Å². The van der Waals surface area contributed by atoms with Crippen LogP contribution >= 0.6 is 0 Å². The van der Waals surface area contributed by atoms with Crippen molar-refractivity contribution in [3.63, 3.8) is 0 Å². The van der Waals surface area contributed by atoms with Gasteiger partial charge in [0.1, 0.15) is 5.82 Å². The minimum Gasteiger partial charge on any atom is -0.369 e. The van der Waals surface area contributed by atoms with Crippen LogP contribution in [0.5, 0.6) is 0 Å². The first-order valence-electron chi connectivity index (χ1n) is 9.47. The molecular weight excluding hydrogens is 310 g/mol. The number of hydrogen-bond donors (Lipinski definition) is 3. The van der Waals surface area contributed by atoms with Gasteiger partial charge in [-0.2, -0.15) is 4.98 Å². The molecule has 0 amide bonds. The van der Waals surface area contributed by atoms with Crippen LogP contribution in [-0.2, 0) is 6.42 Å². The van der Waals surface area contributed by atoms with Gasteiger partial charge in [-0.15, -0.1) is 0 Å². The SMILES string of the molecule is Nc1nc(NCC2CCNCC2)c2c(n1)C(c1ccccc1)CCC2. The number of benzene rings is 1. The van der Waals surface area contributed by atoms with Crippen LogP contribution < -0.4 is 16.4 Å². The van der Waals surface area contributed by atoms with Crippen molar-refractivity contribution in [2.75, 3.05) is 30.7 Å². The maximum absolute atomic E-state index is 6.06. The summed E-state index contributed by atoms with van der Waals surface area (Å²) in [4.78, 5) is 9.18. The fourth-order valence-corrected chi connectivity index (χ4v) is 4.16. The van der Waals surface area contributed by atoms with Crippen molar-refractivity contribution in [3.05, 3.63) is 47.2 Å². The number of rotatable bonds is 4. The van der Waals surface area contributed by atoms with Gasteiger partial charge in [-0.3, -0.25) is 0 Å². The molecule has 1 saturated heterocycles. The summed E-state index contributed by atoms with van der Waals surface area (Å²) in [6, 6.07) is 10.7. The van der Waals surface area contributed by atoms with Gasteiger partial charge >= 0.3 is 0 Å². The van der Waals surface area contributed by atoms with Gasteiger partial charge in [0, 0.05) is 18.0 Å². The summed E-state index contributed by atoms with van der Waals surface area (Å²) >= 11 is 0. The molecule has 5 heteroatoms. The predicted octanol–water partition coefficient (Wildman–Crippen LogP) is 2.94. The summed E-state index contributed by atoms with van der Waals surface area (Å²) in [5.41, 5.74) is 9.77. The first kappa shape index (κ1) is 16.3. The van der Waals surface area contributed by atoms with Crippen LogP contribution in [0.25, 0.3) is 0 Å². The van der Waals surface area contributed by atoms with Crippen molar-refractivity contribution in [3.8, 4) is 0 Å². The molecule has 25 heavy (non-hydrogen) atoms. The van der Waals surface area contributed by atoms with E-state index in [1.54, 1.807) is 0 Å². The monoisotopic (exact) mass is 337 g/mol. The van der Waals surface area contributed by atoms with Gasteiger partial charge in [0.25, 0.3) is 0 Å². The maximum atomic E-state index is 6.06.